The van der Waals surface area contributed by atoms with Crippen LogP contribution < -0.4 is 0 Å². The van der Waals surface area contributed by atoms with Crippen molar-refractivity contribution in [2.45, 2.75) is 19.6 Å². The van der Waals surface area contributed by atoms with Gasteiger partial charge in [0.2, 0.25) is 0 Å². The van der Waals surface area contributed by atoms with Crippen LogP contribution in [0.2, 0.25) is 0 Å². The number of nitrogens with zero attached hydrogens (tertiary/aromatic N) is 1. The maximum atomic E-state index is 2.39. The highest BCUT2D eigenvalue weighted by molar-refractivity contribution is 8.05. The zero-order chi connectivity index (χ0) is 21.8. The van der Waals surface area contributed by atoms with Crippen LogP contribution in [0.25, 0.3) is 38.6 Å². The highest BCUT2D eigenvalue weighted by Gasteiger charge is 2.21. The average molecular weight is 458 g/mol. The van der Waals surface area contributed by atoms with E-state index in [-0.39, 0.29) is 0 Å². The van der Waals surface area contributed by atoms with Crippen molar-refractivity contribution >= 4 is 45.3 Å². The van der Waals surface area contributed by atoms with Crippen LogP contribution in [0.15, 0.2) is 135 Å². The topological polar surface area (TPSA) is 4.93 Å². The van der Waals surface area contributed by atoms with Crippen LogP contribution in [0.1, 0.15) is 0 Å². The molecule has 7 rings (SSSR count). The molecular formula is C30H19NS2. The van der Waals surface area contributed by atoms with Crippen molar-refractivity contribution in [3.63, 3.8) is 0 Å². The summed E-state index contributed by atoms with van der Waals surface area (Å²) in [6.07, 6.45) is 0. The van der Waals surface area contributed by atoms with Crippen LogP contribution in [0, 0.1) is 0 Å². The SMILES string of the molecule is c1ccc(-n2c3ccccc3c3ccc(-c4cccc5c4Sc4ccccc4S5)cc32)cc1. The van der Waals surface area contributed by atoms with Gasteiger partial charge in [-0.05, 0) is 53.6 Å². The summed E-state index contributed by atoms with van der Waals surface area (Å²) in [5.41, 5.74) is 6.23. The van der Waals surface area contributed by atoms with Crippen molar-refractivity contribution in [3.8, 4) is 16.8 Å². The van der Waals surface area contributed by atoms with E-state index in [1.807, 2.05) is 23.5 Å². The molecule has 1 aliphatic heterocycles. The molecule has 0 fully saturated rings. The van der Waals surface area contributed by atoms with E-state index >= 15 is 0 Å². The highest BCUT2D eigenvalue weighted by Crippen LogP contribution is 2.51. The van der Waals surface area contributed by atoms with Crippen LogP contribution in [-0.4, -0.2) is 4.57 Å². The summed E-state index contributed by atoms with van der Waals surface area (Å²) in [4.78, 5) is 5.36. The lowest BCUT2D eigenvalue weighted by molar-refractivity contribution is 1.16. The first kappa shape index (κ1) is 19.1. The summed E-state index contributed by atoms with van der Waals surface area (Å²) >= 11 is 3.76. The molecule has 0 aliphatic carbocycles. The molecule has 156 valence electrons. The number of benzene rings is 5. The van der Waals surface area contributed by atoms with Gasteiger partial charge in [0, 0.05) is 36.0 Å². The van der Waals surface area contributed by atoms with E-state index in [2.05, 4.69) is 120 Å². The number of hydrogen-bond acceptors (Lipinski definition) is 2. The van der Waals surface area contributed by atoms with Gasteiger partial charge < -0.3 is 4.57 Å². The third-order valence-corrected chi connectivity index (χ3v) is 8.87. The van der Waals surface area contributed by atoms with Gasteiger partial charge in [-0.3, -0.25) is 0 Å². The molecule has 33 heavy (non-hydrogen) atoms. The lowest BCUT2D eigenvalue weighted by Gasteiger charge is -2.21. The van der Waals surface area contributed by atoms with E-state index in [0.717, 1.165) is 0 Å². The maximum Gasteiger partial charge on any atom is 0.0547 e. The second-order valence-corrected chi connectivity index (χ2v) is 10.3. The minimum absolute atomic E-state index is 1.19. The largest absolute Gasteiger partial charge is 0.309 e. The lowest BCUT2D eigenvalue weighted by atomic mass is 10.0. The van der Waals surface area contributed by atoms with Gasteiger partial charge in [0.25, 0.3) is 0 Å². The van der Waals surface area contributed by atoms with Gasteiger partial charge in [0.15, 0.2) is 0 Å². The number of hydrogen-bond donors (Lipinski definition) is 0. The summed E-state index contributed by atoms with van der Waals surface area (Å²) in [6, 6.07) is 41.7. The minimum Gasteiger partial charge on any atom is -0.309 e. The van der Waals surface area contributed by atoms with E-state index in [4.69, 9.17) is 0 Å². The molecule has 0 N–H and O–H groups in total. The molecule has 0 amide bonds. The molecule has 1 aromatic heterocycles. The summed E-state index contributed by atoms with van der Waals surface area (Å²) in [7, 11) is 0. The monoisotopic (exact) mass is 457 g/mol. The highest BCUT2D eigenvalue weighted by atomic mass is 32.2. The predicted molar refractivity (Wildman–Crippen MR) is 141 cm³/mol. The maximum absolute atomic E-state index is 2.39. The molecular weight excluding hydrogens is 438 g/mol. The van der Waals surface area contributed by atoms with E-state index in [1.54, 1.807) is 0 Å². The van der Waals surface area contributed by atoms with Gasteiger partial charge in [0.05, 0.1) is 11.0 Å². The summed E-state index contributed by atoms with van der Waals surface area (Å²) < 4.78 is 2.39. The van der Waals surface area contributed by atoms with E-state index in [0.29, 0.717) is 0 Å². The molecule has 0 radical (unpaired) electrons. The molecule has 3 heteroatoms. The Morgan fingerprint density at radius 1 is 0.485 bits per heavy atom. The van der Waals surface area contributed by atoms with Crippen molar-refractivity contribution in [2.75, 3.05) is 0 Å². The van der Waals surface area contributed by atoms with Gasteiger partial charge in [0.1, 0.15) is 0 Å². The Morgan fingerprint density at radius 3 is 2.06 bits per heavy atom. The minimum atomic E-state index is 1.19. The fraction of sp³-hybridized carbons (Fsp3) is 0. The number of para-hydroxylation sites is 2. The molecule has 1 aliphatic rings. The molecule has 1 nitrogen and oxygen atoms in total. The third kappa shape index (κ3) is 3.04. The standard InChI is InChI=1S/C30H19NS2/c1-2-9-21(10-3-1)31-25-13-5-4-11-23(25)24-18-17-20(19-26(24)31)22-12-8-16-29-30(22)33-28-15-7-6-14-27(28)32-29/h1-19H. The number of aromatic nitrogens is 1. The van der Waals surface area contributed by atoms with E-state index in [9.17, 15) is 0 Å². The first-order valence-corrected chi connectivity index (χ1v) is 12.7. The zero-order valence-corrected chi connectivity index (χ0v) is 19.4. The summed E-state index contributed by atoms with van der Waals surface area (Å²) in [6.45, 7) is 0. The molecule has 0 spiro atoms. The Kier molecular flexibility index (Phi) is 4.39. The Morgan fingerprint density at radius 2 is 1.18 bits per heavy atom. The quantitative estimate of drug-likeness (QED) is 0.255. The van der Waals surface area contributed by atoms with Gasteiger partial charge >= 0.3 is 0 Å². The van der Waals surface area contributed by atoms with Gasteiger partial charge in [-0.2, -0.15) is 0 Å². The first-order chi connectivity index (χ1) is 16.4. The van der Waals surface area contributed by atoms with Crippen molar-refractivity contribution < 1.29 is 0 Å². The second-order valence-electron chi connectivity index (χ2n) is 8.20. The van der Waals surface area contributed by atoms with E-state index < -0.39 is 0 Å². The number of fused-ring (bicyclic) bond motifs is 5. The zero-order valence-electron chi connectivity index (χ0n) is 17.7. The van der Waals surface area contributed by atoms with Gasteiger partial charge in [-0.15, -0.1) is 0 Å². The molecule has 6 aromatic rings. The summed E-state index contributed by atoms with van der Waals surface area (Å²) in [5.74, 6) is 0. The van der Waals surface area contributed by atoms with Crippen LogP contribution in [0.3, 0.4) is 0 Å². The number of rotatable bonds is 2. The molecule has 0 saturated carbocycles. The van der Waals surface area contributed by atoms with Crippen LogP contribution in [0.4, 0.5) is 0 Å². The Bertz CT molecular complexity index is 1660. The fourth-order valence-electron chi connectivity index (χ4n) is 4.77. The van der Waals surface area contributed by atoms with E-state index in [1.165, 1.54) is 58.2 Å². The third-order valence-electron chi connectivity index (χ3n) is 6.26. The average Bonchev–Trinajstić information content (AvgIpc) is 3.21. The van der Waals surface area contributed by atoms with Gasteiger partial charge in [-0.25, -0.2) is 0 Å². The second kappa shape index (κ2) is 7.58. The molecule has 0 saturated heterocycles. The first-order valence-electron chi connectivity index (χ1n) is 11.0. The Hall–Kier alpha value is -3.40. The van der Waals surface area contributed by atoms with Crippen LogP contribution in [0.5, 0.6) is 0 Å². The Balaban J connectivity index is 1.47. The molecule has 2 heterocycles. The molecule has 0 atom stereocenters. The van der Waals surface area contributed by atoms with Crippen molar-refractivity contribution in [1.29, 1.82) is 0 Å². The normalized spacial score (nSPS) is 12.6. The molecule has 0 unspecified atom stereocenters. The Labute approximate surface area is 201 Å². The van der Waals surface area contributed by atoms with Crippen LogP contribution >= 0.6 is 23.5 Å². The fourth-order valence-corrected chi connectivity index (χ4v) is 7.17. The lowest BCUT2D eigenvalue weighted by Crippen LogP contribution is -1.94. The molecule has 0 bridgehead atoms. The van der Waals surface area contributed by atoms with Crippen molar-refractivity contribution in [1.82, 2.24) is 4.57 Å². The van der Waals surface area contributed by atoms with Gasteiger partial charge in [-0.1, -0.05) is 96.3 Å². The van der Waals surface area contributed by atoms with Crippen molar-refractivity contribution in [2.24, 2.45) is 0 Å². The summed E-state index contributed by atoms with van der Waals surface area (Å²) in [5, 5.41) is 2.58. The predicted octanol–water partition coefficient (Wildman–Crippen LogP) is 9.07. The smallest absolute Gasteiger partial charge is 0.0547 e. The van der Waals surface area contributed by atoms with Crippen LogP contribution in [-0.2, 0) is 0 Å². The molecule has 5 aromatic carbocycles. The van der Waals surface area contributed by atoms with Crippen molar-refractivity contribution in [3.05, 3.63) is 115 Å².